The Balaban J connectivity index is 2.05. The number of hydrogen-bond donors (Lipinski definition) is 2. The summed E-state index contributed by atoms with van der Waals surface area (Å²) < 4.78 is 4.97. The van der Waals surface area contributed by atoms with Crippen LogP contribution in [0, 0.1) is 10.1 Å². The van der Waals surface area contributed by atoms with Gasteiger partial charge in [0, 0.05) is 18.3 Å². The molecule has 0 unspecified atom stereocenters. The second kappa shape index (κ2) is 7.96. The molecule has 2 aromatic rings. The molecule has 0 aliphatic carbocycles. The highest BCUT2D eigenvalue weighted by atomic mass is 16.6. The number of hydrogen-bond acceptors (Lipinski definition) is 5. The number of carbonyl (C=O) groups is 1. The topological polar surface area (TPSA) is 93.5 Å². The molecule has 2 rings (SSSR count). The summed E-state index contributed by atoms with van der Waals surface area (Å²) in [6.07, 6.45) is 0. The van der Waals surface area contributed by atoms with Gasteiger partial charge in [0.1, 0.15) is 5.56 Å². The van der Waals surface area contributed by atoms with Gasteiger partial charge in [-0.1, -0.05) is 24.3 Å². The van der Waals surface area contributed by atoms with Crippen molar-refractivity contribution < 1.29 is 14.5 Å². The lowest BCUT2D eigenvalue weighted by Crippen LogP contribution is -2.37. The maximum Gasteiger partial charge on any atom is 0.323 e. The molecule has 0 aliphatic heterocycles. The predicted octanol–water partition coefficient (Wildman–Crippen LogP) is 2.83. The third kappa shape index (κ3) is 4.22. The van der Waals surface area contributed by atoms with E-state index in [0.29, 0.717) is 6.54 Å². The lowest BCUT2D eigenvalue weighted by atomic mass is 10.1. The van der Waals surface area contributed by atoms with Gasteiger partial charge in [-0.2, -0.15) is 0 Å². The van der Waals surface area contributed by atoms with Crippen molar-refractivity contribution in [3.63, 3.8) is 0 Å². The Morgan fingerprint density at radius 1 is 1.21 bits per heavy atom. The number of benzene rings is 2. The number of carbonyl (C=O) groups excluding carboxylic acids is 1. The number of ether oxygens (including phenoxy) is 1. The second-order valence-corrected chi connectivity index (χ2v) is 5.23. The van der Waals surface area contributed by atoms with Crippen LogP contribution in [-0.2, 0) is 0 Å². The number of nitro benzene ring substituents is 1. The molecule has 0 radical (unpaired) electrons. The first kappa shape index (κ1) is 17.3. The molecule has 1 atom stereocenters. The lowest BCUT2D eigenvalue weighted by Gasteiger charge is -2.16. The monoisotopic (exact) mass is 329 g/mol. The average Bonchev–Trinajstić information content (AvgIpc) is 2.59. The Labute approximate surface area is 139 Å². The minimum atomic E-state index is -0.610. The maximum absolute atomic E-state index is 12.4. The summed E-state index contributed by atoms with van der Waals surface area (Å²) in [5, 5.41) is 17.2. The molecule has 0 aromatic heterocycles. The highest BCUT2D eigenvalue weighted by Crippen LogP contribution is 2.30. The molecule has 7 heteroatoms. The second-order valence-electron chi connectivity index (χ2n) is 5.23. The summed E-state index contributed by atoms with van der Waals surface area (Å²) >= 11 is 0. The molecule has 0 fully saturated rings. The first-order chi connectivity index (χ1) is 11.5. The Morgan fingerprint density at radius 3 is 2.54 bits per heavy atom. The Morgan fingerprint density at radius 2 is 1.92 bits per heavy atom. The van der Waals surface area contributed by atoms with Gasteiger partial charge in [0.25, 0.3) is 5.91 Å². The van der Waals surface area contributed by atoms with Crippen LogP contribution in [0.25, 0.3) is 0 Å². The van der Waals surface area contributed by atoms with Crippen molar-refractivity contribution in [1.29, 1.82) is 0 Å². The van der Waals surface area contributed by atoms with Crippen molar-refractivity contribution in [3.8, 4) is 5.75 Å². The van der Waals surface area contributed by atoms with Gasteiger partial charge in [0.05, 0.1) is 12.0 Å². The van der Waals surface area contributed by atoms with Crippen LogP contribution in [0.15, 0.2) is 48.5 Å². The Bertz CT molecular complexity index is 719. The first-order valence-corrected chi connectivity index (χ1v) is 7.44. The largest absolute Gasteiger partial charge is 0.490 e. The quantitative estimate of drug-likeness (QED) is 0.602. The van der Waals surface area contributed by atoms with Gasteiger partial charge in [-0.3, -0.25) is 14.9 Å². The number of amides is 1. The van der Waals surface area contributed by atoms with E-state index < -0.39 is 10.8 Å². The van der Waals surface area contributed by atoms with Gasteiger partial charge in [-0.05, 0) is 31.2 Å². The zero-order chi connectivity index (χ0) is 17.5. The molecule has 1 amide bonds. The van der Waals surface area contributed by atoms with Crippen LogP contribution in [0.5, 0.6) is 5.75 Å². The van der Waals surface area contributed by atoms with Gasteiger partial charge in [-0.25, -0.2) is 0 Å². The molecule has 0 heterocycles. The van der Waals surface area contributed by atoms with E-state index in [0.717, 1.165) is 5.69 Å². The fraction of sp³-hybridized carbons (Fsp3) is 0.235. The fourth-order valence-corrected chi connectivity index (χ4v) is 2.24. The van der Waals surface area contributed by atoms with Gasteiger partial charge in [0.2, 0.25) is 0 Å². The van der Waals surface area contributed by atoms with Crippen molar-refractivity contribution in [2.24, 2.45) is 0 Å². The van der Waals surface area contributed by atoms with E-state index >= 15 is 0 Å². The van der Waals surface area contributed by atoms with Crippen molar-refractivity contribution >= 4 is 17.3 Å². The number of nitrogens with zero attached hydrogens (tertiary/aromatic N) is 1. The molecule has 0 bridgehead atoms. The average molecular weight is 329 g/mol. The molecule has 2 N–H and O–H groups in total. The molecule has 0 saturated heterocycles. The number of methoxy groups -OCH3 is 1. The SMILES string of the molecule is COc1cccc(C(=O)N[C@H](C)CNc2ccccc2)c1[N+](=O)[O-]. The van der Waals surface area contributed by atoms with E-state index in [2.05, 4.69) is 10.6 Å². The molecule has 0 spiro atoms. The molecule has 126 valence electrons. The van der Waals surface area contributed by atoms with Crippen LogP contribution in [0.3, 0.4) is 0 Å². The van der Waals surface area contributed by atoms with Crippen LogP contribution < -0.4 is 15.4 Å². The highest BCUT2D eigenvalue weighted by molar-refractivity contribution is 5.99. The van der Waals surface area contributed by atoms with E-state index in [1.165, 1.54) is 19.2 Å². The van der Waals surface area contributed by atoms with Crippen molar-refractivity contribution in [2.75, 3.05) is 19.0 Å². The summed E-state index contributed by atoms with van der Waals surface area (Å²) in [5.74, 6) is -0.453. The number of para-hydroxylation sites is 2. The minimum absolute atomic E-state index is 0.0223. The number of nitro groups is 1. The summed E-state index contributed by atoms with van der Waals surface area (Å²) in [7, 11) is 1.33. The van der Waals surface area contributed by atoms with Crippen LogP contribution in [-0.4, -0.2) is 30.5 Å². The minimum Gasteiger partial charge on any atom is -0.490 e. The molecule has 2 aromatic carbocycles. The molecular weight excluding hydrogens is 310 g/mol. The van der Waals surface area contributed by atoms with Crippen LogP contribution in [0.4, 0.5) is 11.4 Å². The summed E-state index contributed by atoms with van der Waals surface area (Å²) in [6.45, 7) is 2.31. The van der Waals surface area contributed by atoms with Crippen LogP contribution in [0.1, 0.15) is 17.3 Å². The van der Waals surface area contributed by atoms with E-state index in [4.69, 9.17) is 4.74 Å². The van der Waals surface area contributed by atoms with Crippen LogP contribution in [0.2, 0.25) is 0 Å². The number of rotatable bonds is 7. The maximum atomic E-state index is 12.4. The molecule has 7 nitrogen and oxygen atoms in total. The Hall–Kier alpha value is -3.09. The van der Waals surface area contributed by atoms with Crippen LogP contribution >= 0.6 is 0 Å². The molecule has 24 heavy (non-hydrogen) atoms. The van der Waals surface area contributed by atoms with Gasteiger partial charge < -0.3 is 15.4 Å². The van der Waals surface area contributed by atoms with Gasteiger partial charge in [-0.15, -0.1) is 0 Å². The summed E-state index contributed by atoms with van der Waals surface area (Å²) in [6, 6.07) is 13.8. The van der Waals surface area contributed by atoms with Crippen molar-refractivity contribution in [2.45, 2.75) is 13.0 Å². The van der Waals surface area contributed by atoms with E-state index in [1.807, 2.05) is 37.3 Å². The number of nitrogens with one attached hydrogen (secondary N) is 2. The molecule has 0 aliphatic rings. The van der Waals surface area contributed by atoms with E-state index in [9.17, 15) is 14.9 Å². The fourth-order valence-electron chi connectivity index (χ4n) is 2.24. The Kier molecular flexibility index (Phi) is 5.73. The van der Waals surface area contributed by atoms with Gasteiger partial charge >= 0.3 is 5.69 Å². The third-order valence-corrected chi connectivity index (χ3v) is 3.41. The lowest BCUT2D eigenvalue weighted by molar-refractivity contribution is -0.386. The summed E-state index contributed by atoms with van der Waals surface area (Å²) in [4.78, 5) is 23.0. The van der Waals surface area contributed by atoms with Crippen molar-refractivity contribution in [1.82, 2.24) is 5.32 Å². The van der Waals surface area contributed by atoms with Crippen molar-refractivity contribution in [3.05, 3.63) is 64.2 Å². The summed E-state index contributed by atoms with van der Waals surface area (Å²) in [5.41, 5.74) is 0.581. The molecular formula is C17H19N3O4. The predicted molar refractivity (Wildman–Crippen MR) is 91.5 cm³/mol. The standard InChI is InChI=1S/C17H19N3O4/c1-12(11-18-13-7-4-3-5-8-13)19-17(21)14-9-6-10-15(24-2)16(14)20(22)23/h3-10,12,18H,11H2,1-2H3,(H,19,21)/t12-/m1/s1. The zero-order valence-corrected chi connectivity index (χ0v) is 13.5. The van der Waals surface area contributed by atoms with E-state index in [-0.39, 0.29) is 23.0 Å². The normalized spacial score (nSPS) is 11.4. The first-order valence-electron chi connectivity index (χ1n) is 7.44. The third-order valence-electron chi connectivity index (χ3n) is 3.41. The molecule has 0 saturated carbocycles. The smallest absolute Gasteiger partial charge is 0.323 e. The van der Waals surface area contributed by atoms with E-state index in [1.54, 1.807) is 6.07 Å². The zero-order valence-electron chi connectivity index (χ0n) is 13.5. The highest BCUT2D eigenvalue weighted by Gasteiger charge is 2.25. The number of anilines is 1. The van der Waals surface area contributed by atoms with Gasteiger partial charge in [0.15, 0.2) is 5.75 Å².